The van der Waals surface area contributed by atoms with Crippen molar-refractivity contribution >= 4 is 11.9 Å². The van der Waals surface area contributed by atoms with Gasteiger partial charge in [-0.05, 0) is 26.3 Å². The van der Waals surface area contributed by atoms with Gasteiger partial charge >= 0.3 is 17.6 Å². The molecule has 27 heavy (non-hydrogen) atoms. The van der Waals surface area contributed by atoms with Crippen molar-refractivity contribution in [1.82, 2.24) is 9.55 Å². The fourth-order valence-electron chi connectivity index (χ4n) is 2.27. The number of aromatic amines is 1. The lowest BCUT2D eigenvalue weighted by molar-refractivity contribution is -0.155. The Morgan fingerprint density at radius 2 is 1.74 bits per heavy atom. The number of nitrogens with zero attached hydrogens (tertiary/aromatic N) is 1. The molecule has 0 spiro atoms. The molecule has 2 aromatic rings. The molecule has 0 aliphatic heterocycles. The molecule has 1 aromatic heterocycles. The monoisotopic (exact) mass is 374 g/mol. The Morgan fingerprint density at radius 1 is 1.07 bits per heavy atom. The number of hydrogen-bond acceptors (Lipinski definition) is 6. The first-order valence-corrected chi connectivity index (χ1v) is 8.38. The predicted molar refractivity (Wildman–Crippen MR) is 97.1 cm³/mol. The molecule has 1 aromatic carbocycles. The quantitative estimate of drug-likeness (QED) is 0.761. The number of aromatic nitrogens is 2. The molecule has 0 aliphatic rings. The minimum atomic E-state index is -0.757. The van der Waals surface area contributed by atoms with Crippen LogP contribution in [0.25, 0.3) is 0 Å². The summed E-state index contributed by atoms with van der Waals surface area (Å²) in [6.45, 7) is 4.57. The molecule has 1 N–H and O–H groups in total. The van der Waals surface area contributed by atoms with Gasteiger partial charge in [-0.1, -0.05) is 30.3 Å². The minimum absolute atomic E-state index is 0.0243. The Balaban J connectivity index is 2.07. The Hall–Kier alpha value is -3.16. The SMILES string of the molecule is CC(C)(C)OC(=O)Cn1c(=O)[nH]cc(CC(=O)OCc2ccccc2)c1=O. The van der Waals surface area contributed by atoms with Crippen molar-refractivity contribution in [1.29, 1.82) is 0 Å². The highest BCUT2D eigenvalue weighted by atomic mass is 16.6. The number of ether oxygens (including phenoxy) is 2. The summed E-state index contributed by atoms with van der Waals surface area (Å²) in [5.41, 5.74) is -1.40. The third-order valence-electron chi connectivity index (χ3n) is 3.42. The van der Waals surface area contributed by atoms with Gasteiger partial charge in [0.2, 0.25) is 0 Å². The normalized spacial score (nSPS) is 11.1. The van der Waals surface area contributed by atoms with Gasteiger partial charge in [0.05, 0.1) is 6.42 Å². The molecular weight excluding hydrogens is 352 g/mol. The second kappa shape index (κ2) is 8.48. The molecule has 0 fully saturated rings. The number of esters is 2. The van der Waals surface area contributed by atoms with E-state index in [0.717, 1.165) is 11.8 Å². The zero-order chi connectivity index (χ0) is 20.0. The maximum Gasteiger partial charge on any atom is 0.328 e. The summed E-state index contributed by atoms with van der Waals surface area (Å²) in [4.78, 5) is 50.5. The lowest BCUT2D eigenvalue weighted by Gasteiger charge is -2.19. The van der Waals surface area contributed by atoms with Gasteiger partial charge in [-0.3, -0.25) is 14.4 Å². The maximum atomic E-state index is 12.4. The molecule has 0 unspecified atom stereocenters. The Bertz CT molecular complexity index is 922. The summed E-state index contributed by atoms with van der Waals surface area (Å²) >= 11 is 0. The number of carbonyl (C=O) groups is 2. The first kappa shape index (κ1) is 20.2. The van der Waals surface area contributed by atoms with Crippen LogP contribution < -0.4 is 11.2 Å². The van der Waals surface area contributed by atoms with E-state index in [1.54, 1.807) is 32.9 Å². The van der Waals surface area contributed by atoms with E-state index in [1.165, 1.54) is 0 Å². The Labute approximate surface area is 155 Å². The van der Waals surface area contributed by atoms with Gasteiger partial charge in [-0.25, -0.2) is 9.36 Å². The van der Waals surface area contributed by atoms with Crippen molar-refractivity contribution in [3.05, 3.63) is 68.5 Å². The molecule has 0 radical (unpaired) electrons. The van der Waals surface area contributed by atoms with Gasteiger partial charge in [0.1, 0.15) is 18.8 Å². The highest BCUT2D eigenvalue weighted by Crippen LogP contribution is 2.07. The second-order valence-electron chi connectivity index (χ2n) is 6.92. The zero-order valence-electron chi connectivity index (χ0n) is 15.5. The van der Waals surface area contributed by atoms with Crippen LogP contribution >= 0.6 is 0 Å². The van der Waals surface area contributed by atoms with E-state index in [0.29, 0.717) is 4.57 Å². The molecule has 0 atom stereocenters. The Kier molecular flexibility index (Phi) is 6.33. The van der Waals surface area contributed by atoms with Crippen LogP contribution in [-0.2, 0) is 38.6 Å². The molecular formula is C19H22N2O6. The first-order chi connectivity index (χ1) is 12.7. The third kappa shape index (κ3) is 6.25. The van der Waals surface area contributed by atoms with Crippen LogP contribution in [0.15, 0.2) is 46.1 Å². The third-order valence-corrected chi connectivity index (χ3v) is 3.42. The Morgan fingerprint density at radius 3 is 2.37 bits per heavy atom. The summed E-state index contributed by atoms with van der Waals surface area (Å²) in [5.74, 6) is -1.34. The largest absolute Gasteiger partial charge is 0.461 e. The molecule has 0 saturated heterocycles. The lowest BCUT2D eigenvalue weighted by Crippen LogP contribution is -2.40. The molecule has 0 saturated carbocycles. The topological polar surface area (TPSA) is 107 Å². The van der Waals surface area contributed by atoms with Gasteiger partial charge in [0, 0.05) is 11.8 Å². The van der Waals surface area contributed by atoms with Gasteiger partial charge in [0.25, 0.3) is 5.56 Å². The molecule has 0 aliphatic carbocycles. The minimum Gasteiger partial charge on any atom is -0.461 e. The van der Waals surface area contributed by atoms with Crippen LogP contribution in [0.4, 0.5) is 0 Å². The van der Waals surface area contributed by atoms with Crippen LogP contribution in [0.1, 0.15) is 31.9 Å². The van der Waals surface area contributed by atoms with Crippen molar-refractivity contribution in [3.63, 3.8) is 0 Å². The molecule has 0 amide bonds. The standard InChI is InChI=1S/C19H22N2O6/c1-19(2,3)27-16(23)11-21-17(24)14(10-20-18(21)25)9-15(22)26-12-13-7-5-4-6-8-13/h4-8,10H,9,11-12H2,1-3H3,(H,20,25). The highest BCUT2D eigenvalue weighted by Gasteiger charge is 2.19. The summed E-state index contributed by atoms with van der Waals surface area (Å²) in [5, 5.41) is 0. The number of rotatable bonds is 6. The van der Waals surface area contributed by atoms with Crippen molar-refractivity contribution in [2.75, 3.05) is 0 Å². The van der Waals surface area contributed by atoms with E-state index < -0.39 is 35.3 Å². The molecule has 0 bridgehead atoms. The zero-order valence-corrected chi connectivity index (χ0v) is 15.5. The number of carbonyl (C=O) groups excluding carboxylic acids is 2. The number of H-pyrrole nitrogens is 1. The first-order valence-electron chi connectivity index (χ1n) is 8.38. The fourth-order valence-corrected chi connectivity index (χ4v) is 2.27. The van der Waals surface area contributed by atoms with E-state index in [1.807, 2.05) is 18.2 Å². The molecule has 2 rings (SSSR count). The van der Waals surface area contributed by atoms with Gasteiger partial charge in [-0.15, -0.1) is 0 Å². The van der Waals surface area contributed by atoms with Crippen LogP contribution in [0.5, 0.6) is 0 Å². The summed E-state index contributed by atoms with van der Waals surface area (Å²) < 4.78 is 11.0. The smallest absolute Gasteiger partial charge is 0.328 e. The average molecular weight is 374 g/mol. The van der Waals surface area contributed by atoms with E-state index >= 15 is 0 Å². The van der Waals surface area contributed by atoms with Gasteiger partial charge in [0.15, 0.2) is 0 Å². The summed E-state index contributed by atoms with van der Waals surface area (Å²) in [7, 11) is 0. The predicted octanol–water partition coefficient (Wildman–Crippen LogP) is 1.16. The van der Waals surface area contributed by atoms with E-state index in [2.05, 4.69) is 4.98 Å². The van der Waals surface area contributed by atoms with Crippen LogP contribution in [0.2, 0.25) is 0 Å². The van der Waals surface area contributed by atoms with Crippen molar-refractivity contribution in [3.8, 4) is 0 Å². The van der Waals surface area contributed by atoms with E-state index in [4.69, 9.17) is 9.47 Å². The summed E-state index contributed by atoms with van der Waals surface area (Å²) in [6.07, 6.45) is 0.830. The average Bonchev–Trinajstić information content (AvgIpc) is 2.59. The van der Waals surface area contributed by atoms with Crippen LogP contribution in [-0.4, -0.2) is 27.1 Å². The maximum absolute atomic E-state index is 12.4. The number of hydrogen-bond donors (Lipinski definition) is 1. The van der Waals surface area contributed by atoms with Crippen molar-refractivity contribution < 1.29 is 19.1 Å². The molecule has 144 valence electrons. The van der Waals surface area contributed by atoms with Crippen molar-refractivity contribution in [2.24, 2.45) is 0 Å². The fraction of sp³-hybridized carbons (Fsp3) is 0.368. The number of nitrogens with one attached hydrogen (secondary N) is 1. The van der Waals surface area contributed by atoms with Crippen molar-refractivity contribution in [2.45, 2.75) is 45.9 Å². The number of benzene rings is 1. The van der Waals surface area contributed by atoms with Gasteiger partial charge < -0.3 is 14.5 Å². The second-order valence-corrected chi connectivity index (χ2v) is 6.92. The van der Waals surface area contributed by atoms with E-state index in [-0.39, 0.29) is 18.6 Å². The van der Waals surface area contributed by atoms with Gasteiger partial charge in [-0.2, -0.15) is 0 Å². The summed E-state index contributed by atoms with van der Waals surface area (Å²) in [6, 6.07) is 9.10. The highest BCUT2D eigenvalue weighted by molar-refractivity contribution is 5.72. The molecule has 8 nitrogen and oxygen atoms in total. The molecule has 1 heterocycles. The van der Waals surface area contributed by atoms with Crippen LogP contribution in [0, 0.1) is 0 Å². The van der Waals surface area contributed by atoms with E-state index in [9.17, 15) is 19.2 Å². The lowest BCUT2D eigenvalue weighted by atomic mass is 10.2. The molecule has 8 heteroatoms. The van der Waals surface area contributed by atoms with Crippen LogP contribution in [0.3, 0.4) is 0 Å².